The van der Waals surface area contributed by atoms with E-state index >= 15 is 0 Å². The quantitative estimate of drug-likeness (QED) is 0.787. The van der Waals surface area contributed by atoms with Crippen molar-refractivity contribution < 1.29 is 14.3 Å². The van der Waals surface area contributed by atoms with E-state index in [1.165, 1.54) is 13.3 Å². The Morgan fingerprint density at radius 3 is 2.43 bits per heavy atom. The predicted molar refractivity (Wildman–Crippen MR) is 87.8 cm³/mol. The second-order valence-electron chi connectivity index (χ2n) is 7.55. The van der Waals surface area contributed by atoms with E-state index in [0.717, 1.165) is 51.6 Å². The van der Waals surface area contributed by atoms with Gasteiger partial charge in [-0.05, 0) is 44.9 Å². The minimum atomic E-state index is -0.363. The summed E-state index contributed by atoms with van der Waals surface area (Å²) in [5, 5.41) is 6.14. The fraction of sp³-hybridized carbons (Fsp3) is 0.889. The molecule has 0 aromatic heterocycles. The summed E-state index contributed by atoms with van der Waals surface area (Å²) in [7, 11) is 0. The number of hydrogen-bond donors (Lipinski definition) is 2. The first-order valence-corrected chi connectivity index (χ1v) is 9.26. The van der Waals surface area contributed by atoms with Crippen molar-refractivity contribution in [3.05, 3.63) is 0 Å². The molecule has 0 aromatic rings. The molecule has 0 aromatic carbocycles. The molecule has 3 saturated carbocycles. The Kier molecular flexibility index (Phi) is 4.95. The summed E-state index contributed by atoms with van der Waals surface area (Å²) in [6, 6.07) is -0.142. The Morgan fingerprint density at radius 1 is 1.22 bits per heavy atom. The molecule has 0 aliphatic heterocycles. The molecule has 3 rings (SSSR count). The van der Waals surface area contributed by atoms with Crippen molar-refractivity contribution in [3.63, 3.8) is 0 Å². The van der Waals surface area contributed by atoms with Gasteiger partial charge in [-0.3, -0.25) is 9.59 Å². The summed E-state index contributed by atoms with van der Waals surface area (Å²) >= 11 is 0. The van der Waals surface area contributed by atoms with Crippen molar-refractivity contribution in [1.29, 1.82) is 0 Å². The highest BCUT2D eigenvalue weighted by Crippen LogP contribution is 2.57. The van der Waals surface area contributed by atoms with Crippen molar-refractivity contribution in [2.24, 2.45) is 11.3 Å². The van der Waals surface area contributed by atoms with Gasteiger partial charge in [0.05, 0.1) is 6.10 Å². The van der Waals surface area contributed by atoms with Crippen LogP contribution < -0.4 is 10.6 Å². The van der Waals surface area contributed by atoms with Crippen molar-refractivity contribution in [2.45, 2.75) is 83.4 Å². The molecule has 0 saturated heterocycles. The van der Waals surface area contributed by atoms with E-state index in [9.17, 15) is 9.59 Å². The van der Waals surface area contributed by atoms with Gasteiger partial charge in [-0.2, -0.15) is 0 Å². The molecule has 5 heteroatoms. The topological polar surface area (TPSA) is 67.4 Å². The van der Waals surface area contributed by atoms with Crippen LogP contribution in [0.4, 0.5) is 0 Å². The Morgan fingerprint density at radius 2 is 1.91 bits per heavy atom. The fourth-order valence-corrected chi connectivity index (χ4v) is 4.81. The van der Waals surface area contributed by atoms with Crippen molar-refractivity contribution in [1.82, 2.24) is 10.6 Å². The van der Waals surface area contributed by atoms with E-state index in [1.54, 1.807) is 0 Å². The molecule has 0 unspecified atom stereocenters. The number of carbonyl (C=O) groups is 2. The smallest absolute Gasteiger partial charge is 0.243 e. The van der Waals surface area contributed by atoms with E-state index in [0.29, 0.717) is 12.0 Å². The summed E-state index contributed by atoms with van der Waals surface area (Å²) in [4.78, 5) is 24.3. The summed E-state index contributed by atoms with van der Waals surface area (Å²) < 4.78 is 5.85. The molecule has 1 spiro atoms. The third kappa shape index (κ3) is 3.12. The number of ether oxygens (including phenoxy) is 1. The van der Waals surface area contributed by atoms with Crippen LogP contribution in [-0.2, 0) is 14.3 Å². The van der Waals surface area contributed by atoms with Crippen LogP contribution in [0.5, 0.6) is 0 Å². The lowest BCUT2D eigenvalue weighted by Crippen LogP contribution is -2.69. The van der Waals surface area contributed by atoms with Gasteiger partial charge in [0.15, 0.2) is 0 Å². The van der Waals surface area contributed by atoms with E-state index in [1.807, 2.05) is 6.92 Å². The number of rotatable bonds is 6. The monoisotopic (exact) mass is 322 g/mol. The van der Waals surface area contributed by atoms with Crippen molar-refractivity contribution in [2.75, 3.05) is 6.61 Å². The number of nitrogens with one attached hydrogen (secondary N) is 2. The highest BCUT2D eigenvalue weighted by Gasteiger charge is 2.59. The highest BCUT2D eigenvalue weighted by molar-refractivity contribution is 5.87. The van der Waals surface area contributed by atoms with Gasteiger partial charge in [-0.15, -0.1) is 0 Å². The summed E-state index contributed by atoms with van der Waals surface area (Å²) in [5.74, 6) is 0.188. The zero-order valence-corrected chi connectivity index (χ0v) is 14.4. The molecule has 23 heavy (non-hydrogen) atoms. The van der Waals surface area contributed by atoms with Gasteiger partial charge in [-0.25, -0.2) is 0 Å². The first kappa shape index (κ1) is 16.7. The molecule has 3 aliphatic carbocycles. The molecule has 2 N–H and O–H groups in total. The van der Waals surface area contributed by atoms with Gasteiger partial charge in [0.25, 0.3) is 0 Å². The summed E-state index contributed by atoms with van der Waals surface area (Å²) in [5.41, 5.74) is 0.169. The van der Waals surface area contributed by atoms with Crippen molar-refractivity contribution in [3.8, 4) is 0 Å². The molecule has 2 amide bonds. The lowest BCUT2D eigenvalue weighted by atomic mass is 9.51. The number of hydrogen-bond acceptors (Lipinski definition) is 3. The van der Waals surface area contributed by atoms with Gasteiger partial charge >= 0.3 is 0 Å². The zero-order valence-electron chi connectivity index (χ0n) is 14.4. The minimum Gasteiger partial charge on any atom is -0.378 e. The first-order valence-electron chi connectivity index (χ1n) is 9.26. The van der Waals surface area contributed by atoms with Crippen LogP contribution in [0.15, 0.2) is 0 Å². The Bertz CT molecular complexity index is 455. The van der Waals surface area contributed by atoms with Gasteiger partial charge in [0.1, 0.15) is 6.04 Å². The average Bonchev–Trinajstić information content (AvgIpc) is 2.95. The lowest BCUT2D eigenvalue weighted by Gasteiger charge is -2.61. The second kappa shape index (κ2) is 6.80. The molecular weight excluding hydrogens is 292 g/mol. The van der Waals surface area contributed by atoms with Crippen LogP contribution in [-0.4, -0.2) is 36.6 Å². The second-order valence-corrected chi connectivity index (χ2v) is 7.55. The maximum atomic E-state index is 12.8. The van der Waals surface area contributed by atoms with Gasteiger partial charge in [0, 0.05) is 25.0 Å². The SMILES string of the molecule is CCO[C@@H]1C[C@H](NC(=O)[C@@H](NC(C)=O)C2CCCC2)C12CCC2. The van der Waals surface area contributed by atoms with Gasteiger partial charge in [0.2, 0.25) is 11.8 Å². The first-order chi connectivity index (χ1) is 11.1. The standard InChI is InChI=1S/C18H30N2O3/c1-3-23-15-11-14(18(15)9-6-10-18)20-17(22)16(19-12(2)21)13-7-4-5-8-13/h13-16H,3-11H2,1-2H3,(H,19,21)(H,20,22)/t14-,15+,16-/m0/s1. The number of carbonyl (C=O) groups excluding carboxylic acids is 2. The van der Waals surface area contributed by atoms with Crippen LogP contribution >= 0.6 is 0 Å². The molecular formula is C18H30N2O3. The predicted octanol–water partition coefficient (Wildman–Crippen LogP) is 2.15. The van der Waals surface area contributed by atoms with E-state index in [2.05, 4.69) is 10.6 Å². The molecule has 0 bridgehead atoms. The van der Waals surface area contributed by atoms with Crippen LogP contribution in [0.1, 0.15) is 65.2 Å². The van der Waals surface area contributed by atoms with Gasteiger partial charge in [-0.1, -0.05) is 19.3 Å². The van der Waals surface area contributed by atoms with E-state index < -0.39 is 0 Å². The van der Waals surface area contributed by atoms with Crippen LogP contribution in [0.2, 0.25) is 0 Å². The Hall–Kier alpha value is -1.10. The minimum absolute atomic E-state index is 0.0123. The maximum absolute atomic E-state index is 12.8. The van der Waals surface area contributed by atoms with Crippen LogP contribution in [0.25, 0.3) is 0 Å². The Balaban J connectivity index is 1.61. The van der Waals surface area contributed by atoms with E-state index in [4.69, 9.17) is 4.74 Å². The average molecular weight is 322 g/mol. The Labute approximate surface area is 138 Å². The fourth-order valence-electron chi connectivity index (χ4n) is 4.81. The molecule has 3 atom stereocenters. The molecule has 130 valence electrons. The molecule has 0 heterocycles. The third-order valence-corrected chi connectivity index (χ3v) is 6.27. The van der Waals surface area contributed by atoms with Crippen LogP contribution in [0, 0.1) is 11.3 Å². The lowest BCUT2D eigenvalue weighted by molar-refractivity contribution is -0.176. The highest BCUT2D eigenvalue weighted by atomic mass is 16.5. The van der Waals surface area contributed by atoms with Crippen molar-refractivity contribution >= 4 is 11.8 Å². The molecule has 5 nitrogen and oxygen atoms in total. The maximum Gasteiger partial charge on any atom is 0.243 e. The van der Waals surface area contributed by atoms with Gasteiger partial charge < -0.3 is 15.4 Å². The van der Waals surface area contributed by atoms with E-state index in [-0.39, 0.29) is 29.3 Å². The summed E-state index contributed by atoms with van der Waals surface area (Å²) in [6.45, 7) is 4.27. The molecule has 3 aliphatic rings. The zero-order chi connectivity index (χ0) is 16.4. The third-order valence-electron chi connectivity index (χ3n) is 6.27. The largest absolute Gasteiger partial charge is 0.378 e. The molecule has 3 fully saturated rings. The normalized spacial score (nSPS) is 30.3. The summed E-state index contributed by atoms with van der Waals surface area (Å²) in [6.07, 6.45) is 9.14. The van der Waals surface area contributed by atoms with Crippen LogP contribution in [0.3, 0.4) is 0 Å². The number of amides is 2. The molecule has 0 radical (unpaired) electrons.